The SMILES string of the molecule is Cc1cccc(OCCn2c(O)c(N=O)c3cc([N+](=O)[O-])ccc32)c1. The van der Waals surface area contributed by atoms with Gasteiger partial charge in [-0.15, -0.1) is 4.91 Å². The number of hydrogen-bond acceptors (Lipinski definition) is 6. The molecule has 8 nitrogen and oxygen atoms in total. The normalized spacial score (nSPS) is 10.8. The van der Waals surface area contributed by atoms with Gasteiger partial charge in [0, 0.05) is 17.5 Å². The van der Waals surface area contributed by atoms with E-state index in [9.17, 15) is 20.1 Å². The summed E-state index contributed by atoms with van der Waals surface area (Å²) in [5, 5.41) is 24.2. The van der Waals surface area contributed by atoms with Crippen LogP contribution in [-0.2, 0) is 6.54 Å². The molecule has 0 bridgehead atoms. The number of aromatic hydroxyl groups is 1. The summed E-state index contributed by atoms with van der Waals surface area (Å²) >= 11 is 0. The molecule has 0 spiro atoms. The highest BCUT2D eigenvalue weighted by atomic mass is 16.6. The van der Waals surface area contributed by atoms with Crippen molar-refractivity contribution in [1.29, 1.82) is 0 Å². The Hall–Kier alpha value is -3.42. The monoisotopic (exact) mass is 341 g/mol. The second-order valence-electron chi connectivity index (χ2n) is 5.54. The van der Waals surface area contributed by atoms with E-state index in [1.54, 1.807) is 0 Å². The number of nitro benzene ring substituents is 1. The molecule has 1 aromatic heterocycles. The summed E-state index contributed by atoms with van der Waals surface area (Å²) in [7, 11) is 0. The van der Waals surface area contributed by atoms with Crippen molar-refractivity contribution in [3.8, 4) is 11.6 Å². The number of nitro groups is 1. The molecule has 3 rings (SSSR count). The standard InChI is InChI=1S/C17H15N3O5/c1-11-3-2-4-13(9-11)25-8-7-19-15-6-5-12(20(23)24)10-14(15)16(18-22)17(19)21/h2-6,9-10,21H,7-8H2,1H3. The molecule has 0 aliphatic carbocycles. The minimum absolute atomic E-state index is 0.175. The molecule has 0 fully saturated rings. The maximum Gasteiger partial charge on any atom is 0.270 e. The van der Waals surface area contributed by atoms with E-state index in [1.807, 2.05) is 31.2 Å². The maximum absolute atomic E-state index is 11.0. The topological polar surface area (TPSA) is 107 Å². The molecule has 0 radical (unpaired) electrons. The zero-order chi connectivity index (χ0) is 18.0. The lowest BCUT2D eigenvalue weighted by Crippen LogP contribution is -2.07. The summed E-state index contributed by atoms with van der Waals surface area (Å²) in [5.74, 6) is 0.360. The quantitative estimate of drug-likeness (QED) is 0.413. The molecular weight excluding hydrogens is 326 g/mol. The van der Waals surface area contributed by atoms with Crippen molar-refractivity contribution in [1.82, 2.24) is 4.57 Å². The van der Waals surface area contributed by atoms with Gasteiger partial charge in [0.05, 0.1) is 17.0 Å². The molecule has 0 saturated carbocycles. The molecule has 0 amide bonds. The number of rotatable bonds is 6. The molecule has 1 heterocycles. The van der Waals surface area contributed by atoms with E-state index in [0.29, 0.717) is 11.3 Å². The minimum atomic E-state index is -0.566. The number of aryl methyl sites for hydroxylation is 1. The van der Waals surface area contributed by atoms with Crippen LogP contribution in [0.25, 0.3) is 10.9 Å². The molecule has 128 valence electrons. The van der Waals surface area contributed by atoms with Crippen LogP contribution in [0.1, 0.15) is 5.56 Å². The predicted molar refractivity (Wildman–Crippen MR) is 92.4 cm³/mol. The van der Waals surface area contributed by atoms with E-state index in [2.05, 4.69) is 5.18 Å². The molecule has 0 aliphatic rings. The van der Waals surface area contributed by atoms with Crippen LogP contribution in [0.4, 0.5) is 11.4 Å². The summed E-state index contributed by atoms with van der Waals surface area (Å²) in [6, 6.07) is 11.6. The summed E-state index contributed by atoms with van der Waals surface area (Å²) in [6.45, 7) is 2.45. The number of nitrogens with zero attached hydrogens (tertiary/aromatic N) is 3. The van der Waals surface area contributed by atoms with Crippen LogP contribution >= 0.6 is 0 Å². The molecule has 3 aromatic rings. The number of fused-ring (bicyclic) bond motifs is 1. The van der Waals surface area contributed by atoms with E-state index in [-0.39, 0.29) is 35.8 Å². The zero-order valence-electron chi connectivity index (χ0n) is 13.4. The van der Waals surface area contributed by atoms with Crippen molar-refractivity contribution in [2.45, 2.75) is 13.5 Å². The Balaban J connectivity index is 1.89. The highest BCUT2D eigenvalue weighted by Gasteiger charge is 2.20. The third kappa shape index (κ3) is 3.14. The van der Waals surface area contributed by atoms with Gasteiger partial charge in [0.15, 0.2) is 5.69 Å². The first-order valence-electron chi connectivity index (χ1n) is 7.53. The van der Waals surface area contributed by atoms with Crippen molar-refractivity contribution in [3.05, 3.63) is 63.0 Å². The van der Waals surface area contributed by atoms with Crippen molar-refractivity contribution in [2.75, 3.05) is 6.61 Å². The molecule has 0 atom stereocenters. The molecule has 1 N–H and O–H groups in total. The first-order chi connectivity index (χ1) is 12.0. The second-order valence-corrected chi connectivity index (χ2v) is 5.54. The van der Waals surface area contributed by atoms with E-state index >= 15 is 0 Å². The summed E-state index contributed by atoms with van der Waals surface area (Å²) in [5.41, 5.74) is 1.15. The summed E-state index contributed by atoms with van der Waals surface area (Å²) < 4.78 is 7.10. The number of non-ortho nitro benzene ring substituents is 1. The van der Waals surface area contributed by atoms with Gasteiger partial charge in [-0.3, -0.25) is 10.1 Å². The highest BCUT2D eigenvalue weighted by molar-refractivity contribution is 5.96. The van der Waals surface area contributed by atoms with Crippen molar-refractivity contribution in [2.24, 2.45) is 5.18 Å². The Morgan fingerprint density at radius 1 is 1.28 bits per heavy atom. The second kappa shape index (κ2) is 6.60. The van der Waals surface area contributed by atoms with Crippen molar-refractivity contribution >= 4 is 22.3 Å². The van der Waals surface area contributed by atoms with Gasteiger partial charge in [-0.1, -0.05) is 12.1 Å². The fraction of sp³-hybridized carbons (Fsp3) is 0.176. The summed E-state index contributed by atoms with van der Waals surface area (Å²) in [6.07, 6.45) is 0. The Bertz CT molecular complexity index is 964. The van der Waals surface area contributed by atoms with Crippen LogP contribution in [0, 0.1) is 21.9 Å². The highest BCUT2D eigenvalue weighted by Crippen LogP contribution is 2.39. The van der Waals surface area contributed by atoms with Crippen LogP contribution in [0.15, 0.2) is 47.6 Å². The Labute approximate surface area is 142 Å². The molecule has 0 aliphatic heterocycles. The van der Waals surface area contributed by atoms with Crippen LogP contribution in [0.3, 0.4) is 0 Å². The van der Waals surface area contributed by atoms with Crippen molar-refractivity contribution in [3.63, 3.8) is 0 Å². The predicted octanol–water partition coefficient (Wildman–Crippen LogP) is 4.04. The van der Waals surface area contributed by atoms with Gasteiger partial charge in [0.25, 0.3) is 5.69 Å². The number of ether oxygens (including phenoxy) is 1. The Kier molecular flexibility index (Phi) is 4.34. The van der Waals surface area contributed by atoms with Gasteiger partial charge in [0.1, 0.15) is 12.4 Å². The van der Waals surface area contributed by atoms with Crippen LogP contribution in [0.2, 0.25) is 0 Å². The molecule has 25 heavy (non-hydrogen) atoms. The number of nitroso groups, excluding NO2 is 1. The van der Waals surface area contributed by atoms with E-state index < -0.39 is 4.92 Å². The Morgan fingerprint density at radius 3 is 2.76 bits per heavy atom. The third-order valence-corrected chi connectivity index (χ3v) is 3.87. The average molecular weight is 341 g/mol. The van der Waals surface area contributed by atoms with E-state index in [0.717, 1.165) is 5.56 Å². The lowest BCUT2D eigenvalue weighted by atomic mass is 10.2. The number of benzene rings is 2. The molecule has 8 heteroatoms. The molecular formula is C17H15N3O5. The Morgan fingerprint density at radius 2 is 2.08 bits per heavy atom. The van der Waals surface area contributed by atoms with Crippen molar-refractivity contribution < 1.29 is 14.8 Å². The van der Waals surface area contributed by atoms with Crippen LogP contribution in [-0.4, -0.2) is 21.2 Å². The number of hydrogen-bond donors (Lipinski definition) is 1. The van der Waals surface area contributed by atoms with Gasteiger partial charge in [-0.05, 0) is 35.9 Å². The first kappa shape index (κ1) is 16.4. The van der Waals surface area contributed by atoms with Gasteiger partial charge < -0.3 is 14.4 Å². The summed E-state index contributed by atoms with van der Waals surface area (Å²) in [4.78, 5) is 21.4. The van der Waals surface area contributed by atoms with Gasteiger partial charge in [-0.25, -0.2) is 0 Å². The average Bonchev–Trinajstić information content (AvgIpc) is 2.85. The van der Waals surface area contributed by atoms with Gasteiger partial charge in [0.2, 0.25) is 5.88 Å². The fourth-order valence-corrected chi connectivity index (χ4v) is 2.70. The fourth-order valence-electron chi connectivity index (χ4n) is 2.70. The van der Waals surface area contributed by atoms with E-state index in [4.69, 9.17) is 4.74 Å². The molecule has 0 saturated heterocycles. The molecule has 2 aromatic carbocycles. The van der Waals surface area contributed by atoms with Crippen LogP contribution < -0.4 is 4.74 Å². The lowest BCUT2D eigenvalue weighted by molar-refractivity contribution is -0.384. The number of aromatic nitrogens is 1. The largest absolute Gasteiger partial charge is 0.493 e. The van der Waals surface area contributed by atoms with Gasteiger partial charge >= 0.3 is 0 Å². The zero-order valence-corrected chi connectivity index (χ0v) is 13.4. The third-order valence-electron chi connectivity index (χ3n) is 3.87. The minimum Gasteiger partial charge on any atom is -0.493 e. The smallest absolute Gasteiger partial charge is 0.270 e. The first-order valence-corrected chi connectivity index (χ1v) is 7.53. The maximum atomic E-state index is 11.0. The van der Waals surface area contributed by atoms with Crippen LogP contribution in [0.5, 0.6) is 11.6 Å². The molecule has 0 unspecified atom stereocenters. The van der Waals surface area contributed by atoms with Gasteiger partial charge in [-0.2, -0.15) is 0 Å². The lowest BCUT2D eigenvalue weighted by Gasteiger charge is -2.09. The van der Waals surface area contributed by atoms with E-state index in [1.165, 1.54) is 22.8 Å².